The van der Waals surface area contributed by atoms with Crippen molar-refractivity contribution < 1.29 is 17.9 Å². The number of hydrogen-bond donors (Lipinski definition) is 3. The minimum Gasteiger partial charge on any atom is -0.497 e. The number of nitrogens with zero attached hydrogens (tertiary/aromatic N) is 2. The molecule has 2 aromatic carbocycles. The van der Waals surface area contributed by atoms with Gasteiger partial charge in [0, 0.05) is 11.8 Å². The van der Waals surface area contributed by atoms with Crippen molar-refractivity contribution in [3.05, 3.63) is 53.2 Å². The van der Waals surface area contributed by atoms with Crippen LogP contribution in [-0.4, -0.2) is 38.9 Å². The fraction of sp³-hybridized carbons (Fsp3) is 0.200. The van der Waals surface area contributed by atoms with Gasteiger partial charge in [0.15, 0.2) is 5.82 Å². The molecule has 3 N–H and O–H groups in total. The van der Waals surface area contributed by atoms with E-state index < -0.39 is 10.0 Å². The molecule has 0 spiro atoms. The molecule has 0 aliphatic carbocycles. The lowest BCUT2D eigenvalue weighted by Crippen LogP contribution is -2.11. The molecule has 0 amide bonds. The molecule has 0 aliphatic heterocycles. The number of anilines is 5. The zero-order valence-electron chi connectivity index (χ0n) is 17.4. The van der Waals surface area contributed by atoms with E-state index in [0.29, 0.717) is 23.2 Å². The second-order valence-electron chi connectivity index (χ2n) is 6.61. The van der Waals surface area contributed by atoms with Gasteiger partial charge in [-0.05, 0) is 42.8 Å². The van der Waals surface area contributed by atoms with Crippen LogP contribution < -0.4 is 24.8 Å². The van der Waals surface area contributed by atoms with Crippen molar-refractivity contribution >= 4 is 50.5 Å². The molecule has 0 aliphatic rings. The lowest BCUT2D eigenvalue weighted by atomic mass is 10.2. The lowest BCUT2D eigenvalue weighted by molar-refractivity contribution is 0.414. The summed E-state index contributed by atoms with van der Waals surface area (Å²) in [5.74, 6) is 1.84. The topological polar surface area (TPSA) is 114 Å². The summed E-state index contributed by atoms with van der Waals surface area (Å²) < 4.78 is 36.4. The van der Waals surface area contributed by atoms with Crippen LogP contribution in [0, 0.1) is 6.92 Å². The molecule has 0 radical (unpaired) electrons. The van der Waals surface area contributed by atoms with Gasteiger partial charge in [-0.2, -0.15) is 4.98 Å². The fourth-order valence-corrected chi connectivity index (χ4v) is 3.42. The first-order chi connectivity index (χ1) is 14.7. The average molecular weight is 464 g/mol. The molecule has 31 heavy (non-hydrogen) atoms. The minimum atomic E-state index is -3.52. The molecule has 164 valence electrons. The minimum absolute atomic E-state index is 0.262. The monoisotopic (exact) mass is 463 g/mol. The molecule has 0 saturated heterocycles. The van der Waals surface area contributed by atoms with Crippen LogP contribution in [0.5, 0.6) is 11.5 Å². The molecular formula is C20H22ClN5O4S. The highest BCUT2D eigenvalue weighted by Crippen LogP contribution is 2.33. The van der Waals surface area contributed by atoms with Crippen molar-refractivity contribution in [3.8, 4) is 11.5 Å². The van der Waals surface area contributed by atoms with Gasteiger partial charge in [-0.3, -0.25) is 4.72 Å². The zero-order valence-corrected chi connectivity index (χ0v) is 18.9. The number of sulfonamides is 1. The van der Waals surface area contributed by atoms with E-state index in [1.165, 1.54) is 13.3 Å². The summed E-state index contributed by atoms with van der Waals surface area (Å²) in [7, 11) is -0.422. The number of hydrogen-bond acceptors (Lipinski definition) is 8. The molecule has 0 fully saturated rings. The number of benzene rings is 2. The molecule has 11 heteroatoms. The third kappa shape index (κ3) is 5.89. The number of nitrogens with one attached hydrogen (secondary N) is 3. The number of ether oxygens (including phenoxy) is 2. The Morgan fingerprint density at radius 1 is 0.935 bits per heavy atom. The zero-order chi connectivity index (χ0) is 22.6. The van der Waals surface area contributed by atoms with E-state index in [4.69, 9.17) is 21.1 Å². The first-order valence-corrected chi connectivity index (χ1v) is 11.3. The number of rotatable bonds is 8. The Bertz CT molecular complexity index is 1200. The van der Waals surface area contributed by atoms with E-state index in [0.717, 1.165) is 23.3 Å². The Balaban J connectivity index is 1.91. The van der Waals surface area contributed by atoms with Gasteiger partial charge in [0.25, 0.3) is 0 Å². The number of aromatic nitrogens is 2. The Morgan fingerprint density at radius 3 is 2.19 bits per heavy atom. The molecule has 9 nitrogen and oxygen atoms in total. The number of aryl methyl sites for hydroxylation is 1. The van der Waals surface area contributed by atoms with Crippen LogP contribution in [-0.2, 0) is 10.0 Å². The smallest absolute Gasteiger partial charge is 0.229 e. The van der Waals surface area contributed by atoms with E-state index in [-0.39, 0.29) is 10.7 Å². The van der Waals surface area contributed by atoms with Crippen LogP contribution in [0.3, 0.4) is 0 Å². The standard InChI is InChI=1S/C20H22ClN5O4S/c1-12-9-13(29-2)5-7-16(12)24-20-22-11-15(21)19(25-20)23-17-8-6-14(30-3)10-18(17)26-31(4,27)28/h5-11,26H,1-4H3,(H2,22,23,24,25). The normalized spacial score (nSPS) is 11.0. The maximum absolute atomic E-state index is 11.8. The highest BCUT2D eigenvalue weighted by Gasteiger charge is 2.13. The van der Waals surface area contributed by atoms with E-state index in [9.17, 15) is 8.42 Å². The molecule has 0 saturated carbocycles. The molecule has 3 aromatic rings. The average Bonchev–Trinajstić information content (AvgIpc) is 2.72. The summed E-state index contributed by atoms with van der Waals surface area (Å²) in [4.78, 5) is 8.63. The molecule has 1 heterocycles. The Hall–Kier alpha value is -3.24. The SMILES string of the molecule is COc1ccc(Nc2ncc(Cl)c(Nc3ccc(OC)cc3NS(C)(=O)=O)n2)c(C)c1. The Labute approximate surface area is 185 Å². The quantitative estimate of drug-likeness (QED) is 0.452. The van der Waals surface area contributed by atoms with Crippen molar-refractivity contribution in [3.63, 3.8) is 0 Å². The van der Waals surface area contributed by atoms with Crippen LogP contribution in [0.15, 0.2) is 42.6 Å². The van der Waals surface area contributed by atoms with Crippen LogP contribution in [0.4, 0.5) is 28.8 Å². The van der Waals surface area contributed by atoms with Gasteiger partial charge in [0.1, 0.15) is 16.5 Å². The summed E-state index contributed by atoms with van der Waals surface area (Å²) in [5, 5.41) is 6.45. The fourth-order valence-electron chi connectivity index (χ4n) is 2.71. The van der Waals surface area contributed by atoms with Crippen molar-refractivity contribution in [2.75, 3.05) is 35.8 Å². The summed E-state index contributed by atoms with van der Waals surface area (Å²) in [6.07, 6.45) is 2.51. The van der Waals surface area contributed by atoms with E-state index in [1.807, 2.05) is 25.1 Å². The third-order valence-corrected chi connectivity index (χ3v) is 5.07. The second-order valence-corrected chi connectivity index (χ2v) is 8.76. The molecule has 0 atom stereocenters. The lowest BCUT2D eigenvalue weighted by Gasteiger charge is -2.15. The van der Waals surface area contributed by atoms with Gasteiger partial charge in [-0.25, -0.2) is 13.4 Å². The van der Waals surface area contributed by atoms with Gasteiger partial charge in [-0.1, -0.05) is 11.6 Å². The molecule has 1 aromatic heterocycles. The predicted octanol–water partition coefficient (Wildman–Crippen LogP) is 4.31. The van der Waals surface area contributed by atoms with Gasteiger partial charge in [0.2, 0.25) is 16.0 Å². The summed E-state index contributed by atoms with van der Waals surface area (Å²) >= 11 is 6.27. The van der Waals surface area contributed by atoms with Crippen LogP contribution in [0.2, 0.25) is 5.02 Å². The number of halogens is 1. The van der Waals surface area contributed by atoms with Gasteiger partial charge in [-0.15, -0.1) is 0 Å². The highest BCUT2D eigenvalue weighted by molar-refractivity contribution is 7.92. The predicted molar refractivity (Wildman–Crippen MR) is 123 cm³/mol. The molecule has 3 rings (SSSR count). The highest BCUT2D eigenvalue weighted by atomic mass is 35.5. The van der Waals surface area contributed by atoms with Crippen LogP contribution >= 0.6 is 11.6 Å². The third-order valence-electron chi connectivity index (χ3n) is 4.20. The summed E-state index contributed by atoms with van der Waals surface area (Å²) in [6, 6.07) is 10.5. The van der Waals surface area contributed by atoms with Crippen molar-refractivity contribution in [2.45, 2.75) is 6.92 Å². The van der Waals surface area contributed by atoms with E-state index >= 15 is 0 Å². The summed E-state index contributed by atoms with van der Waals surface area (Å²) in [5.41, 5.74) is 2.48. The van der Waals surface area contributed by atoms with E-state index in [2.05, 4.69) is 25.3 Å². The molecule has 0 unspecified atom stereocenters. The van der Waals surface area contributed by atoms with E-state index in [1.54, 1.807) is 25.3 Å². The van der Waals surface area contributed by atoms with Crippen molar-refractivity contribution in [1.82, 2.24) is 9.97 Å². The first kappa shape index (κ1) is 22.4. The largest absolute Gasteiger partial charge is 0.497 e. The van der Waals surface area contributed by atoms with Crippen LogP contribution in [0.1, 0.15) is 5.56 Å². The Morgan fingerprint density at radius 2 is 1.58 bits per heavy atom. The van der Waals surface area contributed by atoms with Gasteiger partial charge < -0.3 is 20.1 Å². The molecule has 0 bridgehead atoms. The van der Waals surface area contributed by atoms with Crippen LogP contribution in [0.25, 0.3) is 0 Å². The summed E-state index contributed by atoms with van der Waals surface area (Å²) in [6.45, 7) is 1.93. The molecular weight excluding hydrogens is 442 g/mol. The number of methoxy groups -OCH3 is 2. The second kappa shape index (κ2) is 9.27. The maximum Gasteiger partial charge on any atom is 0.229 e. The van der Waals surface area contributed by atoms with Gasteiger partial charge >= 0.3 is 0 Å². The van der Waals surface area contributed by atoms with Crippen molar-refractivity contribution in [1.29, 1.82) is 0 Å². The van der Waals surface area contributed by atoms with Crippen molar-refractivity contribution in [2.24, 2.45) is 0 Å². The first-order valence-electron chi connectivity index (χ1n) is 9.05. The maximum atomic E-state index is 11.8. The van der Waals surface area contributed by atoms with Gasteiger partial charge in [0.05, 0.1) is 38.0 Å². The Kier molecular flexibility index (Phi) is 6.71.